The molecule has 0 heterocycles. The summed E-state index contributed by atoms with van der Waals surface area (Å²) in [5, 5.41) is 4.25. The fourth-order valence-corrected chi connectivity index (χ4v) is 19.6. The van der Waals surface area contributed by atoms with Crippen LogP contribution in [-0.2, 0) is 0 Å². The number of benzene rings is 5. The third kappa shape index (κ3) is 5.87. The molecule has 0 bridgehead atoms. The largest absolute Gasteiger partial charge is 0.203 e. The Hall–Kier alpha value is -3.59. The van der Waals surface area contributed by atoms with Gasteiger partial charge in [-0.05, 0) is 89.8 Å². The lowest BCUT2D eigenvalue weighted by molar-refractivity contribution is 0.418. The van der Waals surface area contributed by atoms with Gasteiger partial charge < -0.3 is 0 Å². The SMILES string of the molecule is CC(C)[Si](C#Cc1c2cc3ccccc3cc2c(C#C[Si](C(C)C)(C(C)C)C(C)C)c2cc3c(F)c(F)c(F)c(F)c3cc12)(C(C)C)C(C)C. The molecule has 0 aromatic heterocycles. The maximum atomic E-state index is 15.6. The highest BCUT2D eigenvalue weighted by molar-refractivity contribution is 6.91. The average molecular weight is 711 g/mol. The Kier molecular flexibility index (Phi) is 10.4. The Morgan fingerprint density at radius 3 is 0.960 bits per heavy atom. The summed E-state index contributed by atoms with van der Waals surface area (Å²) in [6, 6.07) is 15.3. The highest BCUT2D eigenvalue weighted by Gasteiger charge is 2.43. The second-order valence-corrected chi connectivity index (χ2v) is 27.1. The minimum atomic E-state index is -2.25. The maximum absolute atomic E-state index is 15.6. The Bertz CT molecular complexity index is 2050. The fourth-order valence-electron chi connectivity index (χ4n) is 9.23. The minimum absolute atomic E-state index is 0.314. The molecule has 50 heavy (non-hydrogen) atoms. The van der Waals surface area contributed by atoms with Crippen molar-refractivity contribution in [3.8, 4) is 22.9 Å². The normalized spacial score (nSPS) is 12.8. The molecule has 0 N–H and O–H groups in total. The monoisotopic (exact) mass is 710 g/mol. The highest BCUT2D eigenvalue weighted by atomic mass is 28.3. The van der Waals surface area contributed by atoms with Crippen LogP contribution in [0.25, 0.3) is 43.1 Å². The maximum Gasteiger partial charge on any atom is 0.198 e. The van der Waals surface area contributed by atoms with E-state index in [0.29, 0.717) is 55.1 Å². The summed E-state index contributed by atoms with van der Waals surface area (Å²) in [5.41, 5.74) is 11.3. The number of rotatable bonds is 6. The van der Waals surface area contributed by atoms with Crippen molar-refractivity contribution in [3.63, 3.8) is 0 Å². The Morgan fingerprint density at radius 2 is 0.680 bits per heavy atom. The molecule has 0 nitrogen and oxygen atoms in total. The summed E-state index contributed by atoms with van der Waals surface area (Å²) >= 11 is 0. The van der Waals surface area contributed by atoms with Crippen LogP contribution >= 0.6 is 0 Å². The van der Waals surface area contributed by atoms with E-state index in [0.717, 1.165) is 21.5 Å². The van der Waals surface area contributed by atoms with Gasteiger partial charge in [0.1, 0.15) is 16.1 Å². The first kappa shape index (κ1) is 37.7. The Labute approximate surface area is 298 Å². The molecule has 0 atom stereocenters. The molecular formula is C44H50F4Si2. The molecule has 0 unspecified atom stereocenters. The van der Waals surface area contributed by atoms with E-state index in [4.69, 9.17) is 0 Å². The van der Waals surface area contributed by atoms with E-state index in [9.17, 15) is 8.78 Å². The van der Waals surface area contributed by atoms with E-state index in [-0.39, 0.29) is 10.8 Å². The lowest BCUT2D eigenvalue weighted by atomic mass is 9.88. The quantitative estimate of drug-likeness (QED) is 0.0411. The molecule has 5 aromatic carbocycles. The first-order valence-corrected chi connectivity index (χ1v) is 22.5. The zero-order valence-corrected chi connectivity index (χ0v) is 33.6. The second-order valence-electron chi connectivity index (χ2n) is 16.0. The van der Waals surface area contributed by atoms with Crippen molar-refractivity contribution >= 4 is 59.2 Å². The first-order chi connectivity index (χ1) is 23.4. The van der Waals surface area contributed by atoms with Crippen LogP contribution in [0.5, 0.6) is 0 Å². The molecule has 0 radical (unpaired) electrons. The number of fused-ring (bicyclic) bond motifs is 4. The van der Waals surface area contributed by atoms with E-state index in [2.05, 4.69) is 130 Å². The summed E-state index contributed by atoms with van der Waals surface area (Å²) in [6.07, 6.45) is 0. The van der Waals surface area contributed by atoms with Crippen LogP contribution in [0.4, 0.5) is 17.6 Å². The van der Waals surface area contributed by atoms with Gasteiger partial charge in [0.05, 0.1) is 0 Å². The van der Waals surface area contributed by atoms with Gasteiger partial charge in [-0.15, -0.1) is 11.1 Å². The molecule has 0 saturated carbocycles. The lowest BCUT2D eigenvalue weighted by Gasteiger charge is -2.38. The van der Waals surface area contributed by atoms with Crippen molar-refractivity contribution in [2.75, 3.05) is 0 Å². The van der Waals surface area contributed by atoms with Gasteiger partial charge in [-0.1, -0.05) is 119 Å². The zero-order chi connectivity index (χ0) is 37.0. The van der Waals surface area contributed by atoms with Crippen molar-refractivity contribution in [2.45, 2.75) is 116 Å². The first-order valence-electron chi connectivity index (χ1n) is 18.1. The molecule has 0 saturated heterocycles. The molecule has 0 aliphatic rings. The number of hydrogen-bond acceptors (Lipinski definition) is 0. The predicted molar refractivity (Wildman–Crippen MR) is 212 cm³/mol. The van der Waals surface area contributed by atoms with Crippen LogP contribution < -0.4 is 0 Å². The average Bonchev–Trinajstić information content (AvgIpc) is 3.05. The van der Waals surface area contributed by atoms with Crippen LogP contribution in [-0.4, -0.2) is 16.1 Å². The van der Waals surface area contributed by atoms with E-state index >= 15 is 8.78 Å². The van der Waals surface area contributed by atoms with Crippen LogP contribution in [0.15, 0.2) is 48.5 Å². The minimum Gasteiger partial charge on any atom is -0.203 e. The van der Waals surface area contributed by atoms with Gasteiger partial charge in [0, 0.05) is 21.9 Å². The topological polar surface area (TPSA) is 0 Å². The van der Waals surface area contributed by atoms with E-state index < -0.39 is 39.4 Å². The molecule has 0 aliphatic heterocycles. The van der Waals surface area contributed by atoms with Crippen LogP contribution in [0.3, 0.4) is 0 Å². The van der Waals surface area contributed by atoms with Gasteiger partial charge in [0.15, 0.2) is 23.3 Å². The summed E-state index contributed by atoms with van der Waals surface area (Å²) in [6.45, 7) is 27.0. The molecule has 0 aliphatic carbocycles. The molecule has 0 spiro atoms. The Morgan fingerprint density at radius 1 is 0.400 bits per heavy atom. The molecule has 5 aromatic rings. The van der Waals surface area contributed by atoms with Crippen LogP contribution in [0.2, 0.25) is 33.2 Å². The second kappa shape index (κ2) is 13.9. The van der Waals surface area contributed by atoms with Crippen molar-refractivity contribution in [2.24, 2.45) is 0 Å². The molecule has 6 heteroatoms. The third-order valence-corrected chi connectivity index (χ3v) is 24.3. The number of hydrogen-bond donors (Lipinski definition) is 0. The van der Waals surface area contributed by atoms with E-state index in [1.165, 1.54) is 12.1 Å². The van der Waals surface area contributed by atoms with Crippen molar-refractivity contribution in [1.82, 2.24) is 0 Å². The van der Waals surface area contributed by atoms with Gasteiger partial charge in [-0.2, -0.15) is 0 Å². The van der Waals surface area contributed by atoms with E-state index in [1.807, 2.05) is 12.1 Å². The summed E-state index contributed by atoms with van der Waals surface area (Å²) in [5.74, 6) is 0.838. The van der Waals surface area contributed by atoms with Crippen LogP contribution in [0, 0.1) is 46.2 Å². The Balaban J connectivity index is 2.11. The predicted octanol–water partition coefficient (Wildman–Crippen LogP) is 14.0. The van der Waals surface area contributed by atoms with Crippen molar-refractivity contribution in [1.29, 1.82) is 0 Å². The summed E-state index contributed by atoms with van der Waals surface area (Å²) in [7, 11) is -4.49. The van der Waals surface area contributed by atoms with Crippen LogP contribution in [0.1, 0.15) is 94.2 Å². The van der Waals surface area contributed by atoms with Gasteiger partial charge in [0.25, 0.3) is 0 Å². The number of halogens is 4. The van der Waals surface area contributed by atoms with Gasteiger partial charge >= 0.3 is 0 Å². The van der Waals surface area contributed by atoms with Crippen molar-refractivity contribution in [3.05, 3.63) is 82.9 Å². The zero-order valence-electron chi connectivity index (χ0n) is 31.6. The highest BCUT2D eigenvalue weighted by Crippen LogP contribution is 2.44. The van der Waals surface area contributed by atoms with Gasteiger partial charge in [-0.25, -0.2) is 17.6 Å². The molecule has 0 amide bonds. The molecular weight excluding hydrogens is 661 g/mol. The smallest absolute Gasteiger partial charge is 0.198 e. The van der Waals surface area contributed by atoms with Gasteiger partial charge in [-0.3, -0.25) is 0 Å². The third-order valence-electron chi connectivity index (χ3n) is 11.7. The summed E-state index contributed by atoms with van der Waals surface area (Å²) < 4.78 is 60.6. The molecule has 5 rings (SSSR count). The lowest BCUT2D eigenvalue weighted by Crippen LogP contribution is -2.43. The van der Waals surface area contributed by atoms with E-state index in [1.54, 1.807) is 0 Å². The molecule has 0 fully saturated rings. The standard InChI is InChI=1S/C44H50F4Si2/c1-25(2)49(26(3)4,27(5)6)19-17-33-35-21-31-15-13-14-16-32(31)22-36(35)34(18-20-50(28(7)8,29(9)10)30(11)12)38-24-40-39(23-37(33)38)41(45)43(47)44(48)42(40)46/h13-16,21-30H,1-12H3. The van der Waals surface area contributed by atoms with Crippen molar-refractivity contribution < 1.29 is 17.6 Å². The molecule has 262 valence electrons. The summed E-state index contributed by atoms with van der Waals surface area (Å²) in [4.78, 5) is 0. The fraction of sp³-hybridized carbons (Fsp3) is 0.409. The van der Waals surface area contributed by atoms with Gasteiger partial charge in [0.2, 0.25) is 0 Å².